The van der Waals surface area contributed by atoms with Crippen molar-refractivity contribution in [3.8, 4) is 17.2 Å². The third-order valence-corrected chi connectivity index (χ3v) is 6.84. The molecular formula is C27H21BrClNO6. The summed E-state index contributed by atoms with van der Waals surface area (Å²) in [4.78, 5) is 29.1. The fourth-order valence-corrected chi connectivity index (χ4v) is 5.07. The number of carbonyl (C=O) groups excluding carboxylic acids is 1. The van der Waals surface area contributed by atoms with Gasteiger partial charge in [0.25, 0.3) is 5.91 Å². The van der Waals surface area contributed by atoms with Crippen LogP contribution in [0.15, 0.2) is 68.3 Å². The predicted octanol–water partition coefficient (Wildman–Crippen LogP) is 6.37. The first kappa shape index (κ1) is 24.2. The summed E-state index contributed by atoms with van der Waals surface area (Å²) >= 11 is 9.82. The van der Waals surface area contributed by atoms with Crippen molar-refractivity contribution in [3.05, 3.63) is 91.2 Å². The Labute approximate surface area is 220 Å². The van der Waals surface area contributed by atoms with E-state index in [-0.39, 0.29) is 16.8 Å². The smallest absolute Gasteiger partial charge is 0.295 e. The first-order valence-corrected chi connectivity index (χ1v) is 12.3. The van der Waals surface area contributed by atoms with Gasteiger partial charge in [-0.2, -0.15) is 0 Å². The van der Waals surface area contributed by atoms with Crippen LogP contribution in [-0.4, -0.2) is 26.7 Å². The number of hydrogen-bond acceptors (Lipinski definition) is 6. The largest absolute Gasteiger partial charge is 0.495 e. The molecule has 184 valence electrons. The normalized spacial score (nSPS) is 14.8. The van der Waals surface area contributed by atoms with Crippen LogP contribution < -0.4 is 24.5 Å². The van der Waals surface area contributed by atoms with E-state index in [9.17, 15) is 9.59 Å². The minimum absolute atomic E-state index is 0.0142. The monoisotopic (exact) mass is 569 g/mol. The van der Waals surface area contributed by atoms with Crippen molar-refractivity contribution < 1.29 is 23.4 Å². The molecule has 0 aliphatic carbocycles. The maximum Gasteiger partial charge on any atom is 0.295 e. The van der Waals surface area contributed by atoms with Crippen molar-refractivity contribution in [2.24, 2.45) is 0 Å². The van der Waals surface area contributed by atoms with E-state index in [1.165, 1.54) is 19.1 Å². The SMILES string of the molecule is CCOc1ccc(C2c3c(oc4ccc(Br)cc4c3=O)C(=O)N2c2ccc(OC)c(Cl)c2)cc1OC. The quantitative estimate of drug-likeness (QED) is 0.268. The van der Waals surface area contributed by atoms with Gasteiger partial charge in [0, 0.05) is 10.2 Å². The summed E-state index contributed by atoms with van der Waals surface area (Å²) in [6, 6.07) is 14.7. The average Bonchev–Trinajstić information content (AvgIpc) is 3.17. The minimum Gasteiger partial charge on any atom is -0.495 e. The van der Waals surface area contributed by atoms with E-state index >= 15 is 0 Å². The van der Waals surface area contributed by atoms with Gasteiger partial charge in [-0.25, -0.2) is 0 Å². The second-order valence-electron chi connectivity index (χ2n) is 8.05. The number of hydrogen-bond donors (Lipinski definition) is 0. The van der Waals surface area contributed by atoms with E-state index in [2.05, 4.69) is 15.9 Å². The number of carbonyl (C=O) groups is 1. The summed E-state index contributed by atoms with van der Waals surface area (Å²) < 4.78 is 23.2. The number of halogens is 2. The minimum atomic E-state index is -0.791. The van der Waals surface area contributed by atoms with Crippen LogP contribution in [0.25, 0.3) is 11.0 Å². The number of ether oxygens (including phenoxy) is 3. The van der Waals surface area contributed by atoms with Gasteiger partial charge in [0.15, 0.2) is 16.9 Å². The molecule has 5 rings (SSSR count). The van der Waals surface area contributed by atoms with E-state index in [0.29, 0.717) is 51.1 Å². The highest BCUT2D eigenvalue weighted by Gasteiger charge is 2.44. The Balaban J connectivity index is 1.78. The molecule has 0 saturated carbocycles. The van der Waals surface area contributed by atoms with E-state index in [1.54, 1.807) is 48.5 Å². The van der Waals surface area contributed by atoms with Crippen LogP contribution in [0.4, 0.5) is 5.69 Å². The molecule has 0 N–H and O–H groups in total. The molecule has 0 spiro atoms. The molecule has 0 saturated heterocycles. The zero-order chi connectivity index (χ0) is 25.6. The first-order chi connectivity index (χ1) is 17.4. The molecule has 2 heterocycles. The Morgan fingerprint density at radius 2 is 1.72 bits per heavy atom. The lowest BCUT2D eigenvalue weighted by Crippen LogP contribution is -2.29. The number of amides is 1. The molecule has 36 heavy (non-hydrogen) atoms. The van der Waals surface area contributed by atoms with Gasteiger partial charge in [-0.1, -0.05) is 33.6 Å². The van der Waals surface area contributed by atoms with Crippen molar-refractivity contribution in [1.82, 2.24) is 0 Å². The van der Waals surface area contributed by atoms with Crippen molar-refractivity contribution in [1.29, 1.82) is 0 Å². The van der Waals surface area contributed by atoms with Gasteiger partial charge >= 0.3 is 0 Å². The molecule has 3 aromatic carbocycles. The number of benzene rings is 3. The lowest BCUT2D eigenvalue weighted by molar-refractivity contribution is 0.0971. The number of rotatable bonds is 6. The second kappa shape index (κ2) is 9.52. The van der Waals surface area contributed by atoms with Crippen molar-refractivity contribution >= 4 is 50.1 Å². The van der Waals surface area contributed by atoms with Crippen LogP contribution >= 0.6 is 27.5 Å². The van der Waals surface area contributed by atoms with E-state index in [1.807, 2.05) is 13.0 Å². The van der Waals surface area contributed by atoms with Crippen LogP contribution in [0.3, 0.4) is 0 Å². The highest BCUT2D eigenvalue weighted by molar-refractivity contribution is 9.10. The average molecular weight is 571 g/mol. The van der Waals surface area contributed by atoms with Crippen molar-refractivity contribution in [3.63, 3.8) is 0 Å². The maximum absolute atomic E-state index is 13.8. The topological polar surface area (TPSA) is 78.2 Å². The zero-order valence-electron chi connectivity index (χ0n) is 19.6. The summed E-state index contributed by atoms with van der Waals surface area (Å²) in [5.41, 5.74) is 1.41. The molecule has 0 bridgehead atoms. The molecule has 1 aliphatic heterocycles. The summed E-state index contributed by atoms with van der Waals surface area (Å²) in [5.74, 6) is 1.04. The van der Waals surface area contributed by atoms with Crippen LogP contribution in [0.5, 0.6) is 17.2 Å². The standard InChI is InChI=1S/C27H21BrClNO6/c1-4-35-21-8-5-14(11-22(21)34-3)24-23-25(31)17-12-15(28)6-9-19(17)36-26(23)27(32)30(24)16-7-10-20(33-2)18(29)13-16/h5-13,24H,4H2,1-3H3. The van der Waals surface area contributed by atoms with E-state index < -0.39 is 11.9 Å². The van der Waals surface area contributed by atoms with E-state index in [0.717, 1.165) is 4.47 Å². The number of anilines is 1. The molecule has 1 aliphatic rings. The molecule has 9 heteroatoms. The Hall–Kier alpha value is -3.49. The highest BCUT2D eigenvalue weighted by Crippen LogP contribution is 2.44. The van der Waals surface area contributed by atoms with Crippen LogP contribution in [0, 0.1) is 0 Å². The van der Waals surface area contributed by atoms with Gasteiger partial charge in [-0.3, -0.25) is 14.5 Å². The highest BCUT2D eigenvalue weighted by atomic mass is 79.9. The van der Waals surface area contributed by atoms with Gasteiger partial charge < -0.3 is 18.6 Å². The molecule has 0 fully saturated rings. The first-order valence-electron chi connectivity index (χ1n) is 11.1. The van der Waals surface area contributed by atoms with Gasteiger partial charge in [-0.15, -0.1) is 0 Å². The molecule has 1 aromatic heterocycles. The summed E-state index contributed by atoms with van der Waals surface area (Å²) in [5, 5.41) is 0.698. The fraction of sp³-hybridized carbons (Fsp3) is 0.185. The molecule has 1 unspecified atom stereocenters. The number of fused-ring (bicyclic) bond motifs is 2. The summed E-state index contributed by atoms with van der Waals surface area (Å²) in [7, 11) is 3.05. The lowest BCUT2D eigenvalue weighted by atomic mass is 9.97. The van der Waals surface area contributed by atoms with Crippen molar-refractivity contribution in [2.75, 3.05) is 25.7 Å². The Morgan fingerprint density at radius 3 is 2.42 bits per heavy atom. The van der Waals surface area contributed by atoms with Gasteiger partial charge in [0.05, 0.1) is 42.8 Å². The summed E-state index contributed by atoms with van der Waals surface area (Å²) in [6.45, 7) is 2.34. The van der Waals surface area contributed by atoms with Crippen molar-refractivity contribution in [2.45, 2.75) is 13.0 Å². The fourth-order valence-electron chi connectivity index (χ4n) is 4.46. The third kappa shape index (κ3) is 3.90. The number of nitrogens with zero attached hydrogens (tertiary/aromatic N) is 1. The van der Waals surface area contributed by atoms with Crippen LogP contribution in [-0.2, 0) is 0 Å². The Bertz CT molecular complexity index is 1570. The Morgan fingerprint density at radius 1 is 0.972 bits per heavy atom. The molecule has 1 atom stereocenters. The molecule has 4 aromatic rings. The molecule has 1 amide bonds. The van der Waals surface area contributed by atoms with Gasteiger partial charge in [0.2, 0.25) is 5.76 Å². The van der Waals surface area contributed by atoms with E-state index in [4.69, 9.17) is 30.2 Å². The molecule has 7 nitrogen and oxygen atoms in total. The maximum atomic E-state index is 13.8. The van der Waals surface area contributed by atoms with Crippen LogP contribution in [0.1, 0.15) is 34.6 Å². The van der Waals surface area contributed by atoms with Crippen LogP contribution in [0.2, 0.25) is 5.02 Å². The number of methoxy groups -OCH3 is 2. The lowest BCUT2D eigenvalue weighted by Gasteiger charge is -2.26. The second-order valence-corrected chi connectivity index (χ2v) is 9.38. The molecule has 0 radical (unpaired) electrons. The van der Waals surface area contributed by atoms with Gasteiger partial charge in [-0.05, 0) is 61.0 Å². The predicted molar refractivity (Wildman–Crippen MR) is 141 cm³/mol. The van der Waals surface area contributed by atoms with Gasteiger partial charge in [0.1, 0.15) is 11.3 Å². The summed E-state index contributed by atoms with van der Waals surface area (Å²) in [6.07, 6.45) is 0. The third-order valence-electron chi connectivity index (χ3n) is 6.05. The molecular weight excluding hydrogens is 550 g/mol. The Kier molecular flexibility index (Phi) is 6.40. The zero-order valence-corrected chi connectivity index (χ0v) is 22.0.